The quantitative estimate of drug-likeness (QED) is 0.788. The van der Waals surface area contributed by atoms with Gasteiger partial charge in [-0.15, -0.1) is 0 Å². The van der Waals surface area contributed by atoms with Crippen LogP contribution >= 0.6 is 0 Å². The molecule has 20 heavy (non-hydrogen) atoms. The van der Waals surface area contributed by atoms with Crippen LogP contribution in [0.5, 0.6) is 5.75 Å². The molecule has 0 saturated heterocycles. The van der Waals surface area contributed by atoms with Crippen LogP contribution in [0.25, 0.3) is 0 Å². The zero-order chi connectivity index (χ0) is 14.5. The molecule has 0 aliphatic heterocycles. The molecule has 1 heterocycles. The Kier molecular flexibility index (Phi) is 4.99. The molecule has 2 rings (SSSR count). The second-order valence-corrected chi connectivity index (χ2v) is 5.55. The van der Waals surface area contributed by atoms with Crippen LogP contribution < -0.4 is 5.63 Å². The second-order valence-electron chi connectivity index (χ2n) is 5.55. The molecule has 110 valence electrons. The Morgan fingerprint density at radius 2 is 1.45 bits per heavy atom. The Balaban J connectivity index is 2.37. The van der Waals surface area contributed by atoms with Gasteiger partial charge in [0.2, 0.25) is 0 Å². The molecule has 1 aliphatic rings. The highest BCUT2D eigenvalue weighted by Crippen LogP contribution is 2.27. The van der Waals surface area contributed by atoms with E-state index in [9.17, 15) is 14.7 Å². The minimum Gasteiger partial charge on any atom is -0.506 e. The maximum Gasteiger partial charge on any atom is 0.350 e. The molecular formula is C16H22O4. The van der Waals surface area contributed by atoms with Crippen molar-refractivity contribution in [1.82, 2.24) is 0 Å². The molecule has 0 fully saturated rings. The van der Waals surface area contributed by atoms with Crippen LogP contribution in [0.15, 0.2) is 9.21 Å². The van der Waals surface area contributed by atoms with E-state index in [0.717, 1.165) is 32.1 Å². The summed E-state index contributed by atoms with van der Waals surface area (Å²) in [5, 5.41) is 10.3. The summed E-state index contributed by atoms with van der Waals surface area (Å²) in [6.45, 7) is 1.67. The van der Waals surface area contributed by atoms with Crippen molar-refractivity contribution in [3.05, 3.63) is 27.3 Å². The second kappa shape index (κ2) is 6.73. The summed E-state index contributed by atoms with van der Waals surface area (Å²) in [5.41, 5.74) is -0.235. The predicted octanol–water partition coefficient (Wildman–Crippen LogP) is 3.51. The van der Waals surface area contributed by atoms with Gasteiger partial charge in [0.15, 0.2) is 5.78 Å². The van der Waals surface area contributed by atoms with E-state index in [1.54, 1.807) is 6.92 Å². The fraction of sp³-hybridized carbons (Fsp3) is 0.625. The lowest BCUT2D eigenvalue weighted by atomic mass is 10.0. The summed E-state index contributed by atoms with van der Waals surface area (Å²) in [7, 11) is 0. The molecule has 0 amide bonds. The monoisotopic (exact) mass is 278 g/mol. The van der Waals surface area contributed by atoms with Crippen molar-refractivity contribution < 1.29 is 14.3 Å². The van der Waals surface area contributed by atoms with E-state index in [1.165, 1.54) is 12.8 Å². The average Bonchev–Trinajstić information content (AvgIpc) is 2.39. The lowest BCUT2D eigenvalue weighted by Gasteiger charge is -2.10. The first-order chi connectivity index (χ1) is 9.61. The first kappa shape index (κ1) is 14.8. The molecule has 0 radical (unpaired) electrons. The normalized spacial score (nSPS) is 17.9. The van der Waals surface area contributed by atoms with Gasteiger partial charge in [-0.05, 0) is 26.2 Å². The number of aromatic hydroxyl groups is 1. The van der Waals surface area contributed by atoms with Crippen molar-refractivity contribution >= 4 is 5.78 Å². The molecule has 0 spiro atoms. The highest BCUT2D eigenvalue weighted by Gasteiger charge is 2.22. The summed E-state index contributed by atoms with van der Waals surface area (Å²) in [5.74, 6) is -0.0151. The molecule has 0 aromatic carbocycles. The number of aryl methyl sites for hydroxylation is 1. The fourth-order valence-electron chi connectivity index (χ4n) is 2.80. The van der Waals surface area contributed by atoms with E-state index < -0.39 is 5.63 Å². The van der Waals surface area contributed by atoms with Crippen LogP contribution in [0, 0.1) is 6.92 Å². The standard InChI is InChI=1S/C16H22O4/c1-11-12-9-7-5-3-2-4-6-8-10-13(17)14(15(12)18)16(19)20-11/h18H,2-10H2,1H3. The van der Waals surface area contributed by atoms with Crippen molar-refractivity contribution in [2.24, 2.45) is 0 Å². The summed E-state index contributed by atoms with van der Waals surface area (Å²) in [6.07, 6.45) is 8.26. The average molecular weight is 278 g/mol. The van der Waals surface area contributed by atoms with Crippen LogP contribution in [0.2, 0.25) is 0 Å². The molecule has 0 atom stereocenters. The van der Waals surface area contributed by atoms with Crippen molar-refractivity contribution in [1.29, 1.82) is 0 Å². The molecule has 4 heteroatoms. The number of carbonyl (C=O) groups is 1. The first-order valence-electron chi connectivity index (χ1n) is 7.50. The topological polar surface area (TPSA) is 67.5 Å². The molecule has 1 N–H and O–H groups in total. The van der Waals surface area contributed by atoms with Gasteiger partial charge in [-0.1, -0.05) is 32.1 Å². The highest BCUT2D eigenvalue weighted by molar-refractivity contribution is 5.98. The SMILES string of the molecule is Cc1oc(=O)c2c(O)c1CCCCCCCCCC2=O. The Bertz CT molecular complexity index is 542. The van der Waals surface area contributed by atoms with Crippen molar-refractivity contribution in [2.45, 2.75) is 64.7 Å². The van der Waals surface area contributed by atoms with Gasteiger partial charge in [0.1, 0.15) is 17.1 Å². The van der Waals surface area contributed by atoms with E-state index in [4.69, 9.17) is 4.42 Å². The van der Waals surface area contributed by atoms with Crippen molar-refractivity contribution in [2.75, 3.05) is 0 Å². The maximum absolute atomic E-state index is 12.1. The van der Waals surface area contributed by atoms with Gasteiger partial charge in [-0.3, -0.25) is 4.79 Å². The van der Waals surface area contributed by atoms with E-state index >= 15 is 0 Å². The summed E-state index contributed by atoms with van der Waals surface area (Å²) < 4.78 is 5.13. The minimum atomic E-state index is -0.705. The number of rotatable bonds is 0. The molecular weight excluding hydrogens is 256 g/mol. The van der Waals surface area contributed by atoms with E-state index in [1.807, 2.05) is 0 Å². The number of fused-ring (bicyclic) bond motifs is 2. The zero-order valence-electron chi connectivity index (χ0n) is 12.0. The Hall–Kier alpha value is -1.58. The van der Waals surface area contributed by atoms with Gasteiger partial charge in [-0.25, -0.2) is 4.79 Å². The smallest absolute Gasteiger partial charge is 0.350 e. The molecule has 0 saturated carbocycles. The van der Waals surface area contributed by atoms with Crippen LogP contribution in [0.3, 0.4) is 0 Å². The highest BCUT2D eigenvalue weighted by atomic mass is 16.4. The van der Waals surface area contributed by atoms with Crippen LogP contribution in [-0.2, 0) is 6.42 Å². The summed E-state index contributed by atoms with van der Waals surface area (Å²) in [6, 6.07) is 0. The first-order valence-corrected chi connectivity index (χ1v) is 7.50. The summed E-state index contributed by atoms with van der Waals surface area (Å²) >= 11 is 0. The molecule has 2 bridgehead atoms. The third kappa shape index (κ3) is 3.30. The van der Waals surface area contributed by atoms with Gasteiger partial charge in [0, 0.05) is 12.0 Å². The van der Waals surface area contributed by atoms with E-state index in [2.05, 4.69) is 0 Å². The van der Waals surface area contributed by atoms with Crippen molar-refractivity contribution in [3.8, 4) is 5.75 Å². The summed E-state index contributed by atoms with van der Waals surface area (Å²) in [4.78, 5) is 23.9. The number of ketones is 1. The third-order valence-corrected chi connectivity index (χ3v) is 4.01. The van der Waals surface area contributed by atoms with Gasteiger partial charge in [-0.2, -0.15) is 0 Å². The van der Waals surface area contributed by atoms with Gasteiger partial charge >= 0.3 is 5.63 Å². The molecule has 0 unspecified atom stereocenters. The zero-order valence-corrected chi connectivity index (χ0v) is 12.0. The van der Waals surface area contributed by atoms with Gasteiger partial charge in [0.05, 0.1) is 0 Å². The minimum absolute atomic E-state index is 0.148. The van der Waals surface area contributed by atoms with Gasteiger partial charge in [0.25, 0.3) is 0 Å². The maximum atomic E-state index is 12.1. The van der Waals surface area contributed by atoms with E-state index in [0.29, 0.717) is 24.2 Å². The third-order valence-electron chi connectivity index (χ3n) is 4.01. The largest absolute Gasteiger partial charge is 0.506 e. The van der Waals surface area contributed by atoms with Crippen LogP contribution in [0.1, 0.15) is 73.0 Å². The number of hydrogen-bond acceptors (Lipinski definition) is 4. The van der Waals surface area contributed by atoms with Crippen LogP contribution in [0.4, 0.5) is 0 Å². The van der Waals surface area contributed by atoms with Crippen molar-refractivity contribution in [3.63, 3.8) is 0 Å². The molecule has 1 aromatic heterocycles. The fourth-order valence-corrected chi connectivity index (χ4v) is 2.80. The van der Waals surface area contributed by atoms with Crippen LogP contribution in [-0.4, -0.2) is 10.9 Å². The molecule has 4 nitrogen and oxygen atoms in total. The lowest BCUT2D eigenvalue weighted by molar-refractivity contribution is 0.0971. The lowest BCUT2D eigenvalue weighted by Crippen LogP contribution is -2.16. The van der Waals surface area contributed by atoms with E-state index in [-0.39, 0.29) is 17.1 Å². The number of hydrogen-bond donors (Lipinski definition) is 1. The van der Waals surface area contributed by atoms with Gasteiger partial charge < -0.3 is 9.52 Å². The number of carbonyl (C=O) groups excluding carboxylic acids is 1. The Morgan fingerprint density at radius 1 is 0.900 bits per heavy atom. The molecule has 1 aromatic rings. The Labute approximate surface area is 118 Å². The molecule has 1 aliphatic carbocycles. The Morgan fingerprint density at radius 3 is 2.10 bits per heavy atom. The predicted molar refractivity (Wildman–Crippen MR) is 76.4 cm³/mol. The number of Topliss-reactive ketones (excluding diaryl/α,β-unsaturated/α-hetero) is 1.